The topological polar surface area (TPSA) is 172 Å². The highest BCUT2D eigenvalue weighted by molar-refractivity contribution is 5.94. The molecule has 0 spiro atoms. The molecular weight excluding hydrogens is 594 g/mol. The lowest BCUT2D eigenvalue weighted by Crippen LogP contribution is -2.81. The van der Waals surface area contributed by atoms with Gasteiger partial charge in [0, 0.05) is 29.7 Å². The van der Waals surface area contributed by atoms with E-state index in [9.17, 15) is 34.8 Å². The molecule has 5 rings (SSSR count). The van der Waals surface area contributed by atoms with E-state index in [4.69, 9.17) is 14.2 Å². The van der Waals surface area contributed by atoms with Crippen molar-refractivity contribution < 1.29 is 49.0 Å². The van der Waals surface area contributed by atoms with Crippen molar-refractivity contribution >= 4 is 17.7 Å². The minimum absolute atomic E-state index is 0.0995. The van der Waals surface area contributed by atoms with Crippen molar-refractivity contribution in [2.45, 2.75) is 115 Å². The lowest BCUT2D eigenvalue weighted by atomic mass is 9.44. The summed E-state index contributed by atoms with van der Waals surface area (Å²) >= 11 is 0. The molecule has 7 unspecified atom stereocenters. The van der Waals surface area contributed by atoms with Crippen molar-refractivity contribution in [3.05, 3.63) is 47.0 Å². The quantitative estimate of drug-likeness (QED) is 0.227. The van der Waals surface area contributed by atoms with Crippen LogP contribution >= 0.6 is 0 Å². The zero-order chi connectivity index (χ0) is 34.4. The van der Waals surface area contributed by atoms with E-state index >= 15 is 0 Å². The number of esters is 2. The standard InChI is InChI=1S/C35H49NO10/c1-18-20(45-29(41)31(4,5)32(6,7)36-9)16-35(43)27(46-28(40)19-13-11-10-12-14-19)25-33(8,21(37)15-22-34(25,42)17-44-22)26(39)24(38)23(18)30(35,2)3/h10-14,20-22,24-25,27,36-38,42-43H,15-17H2,1-9H3/t20?,21?,22?,24?,25?,27?,33-,34+,35?/m1/s1. The fraction of sp³-hybridized carbons (Fsp3) is 0.686. The molecule has 1 saturated heterocycles. The summed E-state index contributed by atoms with van der Waals surface area (Å²) in [6.45, 7) is 13.3. The van der Waals surface area contributed by atoms with E-state index in [2.05, 4.69) is 5.32 Å². The van der Waals surface area contributed by atoms with Crippen LogP contribution < -0.4 is 5.32 Å². The van der Waals surface area contributed by atoms with Gasteiger partial charge in [-0.1, -0.05) is 32.0 Å². The molecule has 9 atom stereocenters. The lowest BCUT2D eigenvalue weighted by molar-refractivity contribution is -0.343. The smallest absolute Gasteiger partial charge is 0.338 e. The van der Waals surface area contributed by atoms with Gasteiger partial charge in [0.15, 0.2) is 5.78 Å². The van der Waals surface area contributed by atoms with Gasteiger partial charge in [0.05, 0.1) is 35.2 Å². The average Bonchev–Trinajstić information content (AvgIpc) is 2.99. The summed E-state index contributed by atoms with van der Waals surface area (Å²) in [7, 11) is 1.73. The molecule has 1 heterocycles. The number of aliphatic hydroxyl groups is 4. The molecule has 11 heteroatoms. The number of carbonyl (C=O) groups excluding carboxylic acids is 3. The van der Waals surface area contributed by atoms with Gasteiger partial charge in [-0.05, 0) is 71.9 Å². The molecule has 1 aliphatic heterocycles. The normalized spacial score (nSPS) is 38.8. The second-order valence-electron chi connectivity index (χ2n) is 15.5. The van der Waals surface area contributed by atoms with Crippen molar-refractivity contribution in [1.82, 2.24) is 5.32 Å². The van der Waals surface area contributed by atoms with E-state index in [-0.39, 0.29) is 30.6 Å². The minimum atomic E-state index is -2.12. The number of benzene rings is 1. The molecule has 5 N–H and O–H groups in total. The number of ether oxygens (including phenoxy) is 3. The number of hydrogen-bond donors (Lipinski definition) is 5. The Morgan fingerprint density at radius 2 is 1.63 bits per heavy atom. The van der Waals surface area contributed by atoms with Gasteiger partial charge in [0.2, 0.25) is 0 Å². The zero-order valence-electron chi connectivity index (χ0n) is 28.2. The van der Waals surface area contributed by atoms with E-state index < -0.39 is 87.1 Å². The van der Waals surface area contributed by atoms with Crippen LogP contribution in [0.3, 0.4) is 0 Å². The van der Waals surface area contributed by atoms with E-state index in [1.165, 1.54) is 6.92 Å². The highest BCUT2D eigenvalue weighted by atomic mass is 16.6. The summed E-state index contributed by atoms with van der Waals surface area (Å²) in [6.07, 6.45) is -7.28. The van der Waals surface area contributed by atoms with Crippen LogP contribution in [0.4, 0.5) is 0 Å². The number of rotatable bonds is 6. The first-order valence-corrected chi connectivity index (χ1v) is 16.0. The van der Waals surface area contributed by atoms with Crippen molar-refractivity contribution in [2.75, 3.05) is 13.7 Å². The van der Waals surface area contributed by atoms with Crippen LogP contribution in [0, 0.1) is 22.2 Å². The van der Waals surface area contributed by atoms with Gasteiger partial charge in [-0.15, -0.1) is 0 Å². The highest BCUT2D eigenvalue weighted by Gasteiger charge is 2.76. The maximum atomic E-state index is 14.5. The van der Waals surface area contributed by atoms with Gasteiger partial charge in [-0.2, -0.15) is 0 Å². The van der Waals surface area contributed by atoms with Crippen LogP contribution in [0.5, 0.6) is 0 Å². The fourth-order valence-corrected chi connectivity index (χ4v) is 8.22. The van der Waals surface area contributed by atoms with Gasteiger partial charge in [-0.3, -0.25) is 9.59 Å². The molecule has 3 fully saturated rings. The van der Waals surface area contributed by atoms with Crippen LogP contribution in [0.25, 0.3) is 0 Å². The predicted molar refractivity (Wildman–Crippen MR) is 166 cm³/mol. The molecule has 2 bridgehead atoms. The van der Waals surface area contributed by atoms with Crippen LogP contribution in [0.15, 0.2) is 41.5 Å². The van der Waals surface area contributed by atoms with Crippen LogP contribution in [-0.2, 0) is 23.8 Å². The summed E-state index contributed by atoms with van der Waals surface area (Å²) in [6, 6.07) is 8.12. The zero-order valence-corrected chi connectivity index (χ0v) is 28.2. The number of hydrogen-bond acceptors (Lipinski definition) is 11. The Balaban J connectivity index is 1.73. The summed E-state index contributed by atoms with van der Waals surface area (Å²) in [5.74, 6) is -3.60. The third kappa shape index (κ3) is 4.57. The van der Waals surface area contributed by atoms with Crippen LogP contribution in [0.2, 0.25) is 0 Å². The molecule has 46 heavy (non-hydrogen) atoms. The molecule has 0 aromatic heterocycles. The molecule has 3 aliphatic carbocycles. The van der Waals surface area contributed by atoms with Gasteiger partial charge in [-0.25, -0.2) is 4.79 Å². The summed E-state index contributed by atoms with van der Waals surface area (Å²) in [5.41, 5.74) is -8.33. The lowest BCUT2D eigenvalue weighted by Gasteiger charge is -2.66. The van der Waals surface area contributed by atoms with Crippen molar-refractivity contribution in [3.63, 3.8) is 0 Å². The molecule has 1 aromatic carbocycles. The molecule has 0 radical (unpaired) electrons. The maximum absolute atomic E-state index is 14.5. The van der Waals surface area contributed by atoms with Gasteiger partial charge >= 0.3 is 11.9 Å². The molecular formula is C35H49NO10. The maximum Gasteiger partial charge on any atom is 0.338 e. The van der Waals surface area contributed by atoms with Crippen molar-refractivity contribution in [1.29, 1.82) is 0 Å². The van der Waals surface area contributed by atoms with Gasteiger partial charge in [0.1, 0.15) is 29.5 Å². The monoisotopic (exact) mass is 643 g/mol. The van der Waals surface area contributed by atoms with Gasteiger partial charge in [0.25, 0.3) is 0 Å². The summed E-state index contributed by atoms with van der Waals surface area (Å²) in [5, 5.41) is 51.9. The Morgan fingerprint density at radius 1 is 1.02 bits per heavy atom. The first-order chi connectivity index (χ1) is 21.1. The Hall–Kier alpha value is -2.67. The molecule has 0 amide bonds. The van der Waals surface area contributed by atoms with Crippen molar-refractivity contribution in [2.24, 2.45) is 22.2 Å². The molecule has 11 nitrogen and oxygen atoms in total. The summed E-state index contributed by atoms with van der Waals surface area (Å²) in [4.78, 5) is 42.2. The largest absolute Gasteiger partial charge is 0.457 e. The van der Waals surface area contributed by atoms with E-state index in [1.807, 2.05) is 13.8 Å². The molecule has 254 valence electrons. The van der Waals surface area contributed by atoms with E-state index in [0.717, 1.165) is 0 Å². The number of nitrogens with one attached hydrogen (secondary N) is 1. The Labute approximate surface area is 270 Å². The Kier molecular flexibility index (Phi) is 8.24. The van der Waals surface area contributed by atoms with E-state index in [1.54, 1.807) is 72.0 Å². The van der Waals surface area contributed by atoms with Crippen molar-refractivity contribution in [3.8, 4) is 0 Å². The Bertz CT molecular complexity index is 1450. The van der Waals surface area contributed by atoms with E-state index in [0.29, 0.717) is 5.57 Å². The van der Waals surface area contributed by atoms with Gasteiger partial charge < -0.3 is 40.0 Å². The molecule has 4 aliphatic rings. The third-order valence-electron chi connectivity index (χ3n) is 12.6. The molecule has 1 aromatic rings. The number of carbonyl (C=O) groups is 3. The number of fused-ring (bicyclic) bond motifs is 5. The first kappa shape index (κ1) is 34.7. The van der Waals surface area contributed by atoms with Crippen LogP contribution in [-0.4, -0.2) is 99.1 Å². The average molecular weight is 644 g/mol. The third-order valence-corrected chi connectivity index (χ3v) is 12.6. The minimum Gasteiger partial charge on any atom is -0.457 e. The second kappa shape index (κ2) is 10.9. The molecule has 2 saturated carbocycles. The fourth-order valence-electron chi connectivity index (χ4n) is 8.22. The first-order valence-electron chi connectivity index (χ1n) is 16.0. The highest BCUT2D eigenvalue weighted by Crippen LogP contribution is 2.63. The van der Waals surface area contributed by atoms with Crippen LogP contribution in [0.1, 0.15) is 78.6 Å². The number of Topliss-reactive ketones (excluding diaryl/α,β-unsaturated/α-hetero) is 1. The SMILES string of the molecule is CNC(C)(C)C(C)(C)C(=O)OC1CC2(O)C(OC(=O)c3ccccc3)C3[C@]4(O)COC4CC(O)[C@@]3(C)C(=O)C(O)C(=C1C)C2(C)C. The number of ketones is 1. The second-order valence-corrected chi connectivity index (χ2v) is 15.5. The number of aliphatic hydroxyl groups excluding tert-OH is 2. The predicted octanol–water partition coefficient (Wildman–Crippen LogP) is 2.09. The Morgan fingerprint density at radius 3 is 2.17 bits per heavy atom. The summed E-state index contributed by atoms with van der Waals surface area (Å²) < 4.78 is 18.0.